The average molecular weight is 380 g/mol. The largest absolute Gasteiger partial charge is 0.484 e. The molecule has 2 heterocycles. The Kier molecular flexibility index (Phi) is 5.53. The van der Waals surface area contributed by atoms with Crippen LogP contribution in [0.25, 0.3) is 0 Å². The van der Waals surface area contributed by atoms with E-state index in [0.717, 1.165) is 17.8 Å². The number of hydrogen-bond acceptors (Lipinski definition) is 3. The van der Waals surface area contributed by atoms with Gasteiger partial charge in [-0.1, -0.05) is 18.2 Å². The van der Waals surface area contributed by atoms with E-state index in [2.05, 4.69) is 4.98 Å². The molecule has 27 heavy (non-hydrogen) atoms. The number of hydrogen-bond donors (Lipinski definition) is 0. The van der Waals surface area contributed by atoms with Crippen molar-refractivity contribution in [3.8, 4) is 5.75 Å². The van der Waals surface area contributed by atoms with Crippen LogP contribution < -0.4 is 14.6 Å². The number of nitrogens with zero attached hydrogens (tertiary/aromatic N) is 2. The number of aromatic amines is 1. The molecule has 0 saturated carbocycles. The summed E-state index contributed by atoms with van der Waals surface area (Å²) in [5.41, 5.74) is 0.251. The Morgan fingerprint density at radius 2 is 1.81 bits per heavy atom. The van der Waals surface area contributed by atoms with Crippen LogP contribution in [0.2, 0.25) is 0 Å². The molecule has 0 unspecified atom stereocenters. The van der Waals surface area contributed by atoms with Crippen LogP contribution in [0, 0.1) is 6.92 Å². The number of alkyl halides is 3. The normalized spacial score (nSPS) is 15.0. The topological polar surface area (TPSA) is 46.9 Å². The lowest BCUT2D eigenvalue weighted by Crippen LogP contribution is -2.51. The Labute approximate surface area is 155 Å². The Balaban J connectivity index is 1.51. The van der Waals surface area contributed by atoms with E-state index in [1.54, 1.807) is 4.90 Å². The second kappa shape index (κ2) is 7.85. The fourth-order valence-corrected chi connectivity index (χ4v) is 2.94. The summed E-state index contributed by atoms with van der Waals surface area (Å²) in [6, 6.07) is 9.97. The van der Waals surface area contributed by atoms with Crippen LogP contribution in [-0.2, 0) is 11.0 Å². The third-order valence-electron chi connectivity index (χ3n) is 4.54. The summed E-state index contributed by atoms with van der Waals surface area (Å²) in [5.74, 6) is 1.18. The zero-order valence-electron chi connectivity index (χ0n) is 14.9. The Morgan fingerprint density at radius 1 is 1.11 bits per heavy atom. The van der Waals surface area contributed by atoms with Crippen molar-refractivity contribution in [2.75, 3.05) is 37.7 Å². The quantitative estimate of drug-likeness (QED) is 0.819. The first-order valence-corrected chi connectivity index (χ1v) is 8.64. The first-order chi connectivity index (χ1) is 12.8. The molecule has 1 aromatic heterocycles. The maximum absolute atomic E-state index is 12.6. The molecule has 1 aliphatic heterocycles. The van der Waals surface area contributed by atoms with Gasteiger partial charge in [-0.3, -0.25) is 9.69 Å². The number of ether oxygens (including phenoxy) is 1. The van der Waals surface area contributed by atoms with E-state index in [1.165, 1.54) is 6.07 Å². The minimum absolute atomic E-state index is 0.0305. The van der Waals surface area contributed by atoms with Gasteiger partial charge in [-0.05, 0) is 24.6 Å². The Hall–Kier alpha value is -2.77. The molecule has 1 N–H and O–H groups in total. The van der Waals surface area contributed by atoms with E-state index in [9.17, 15) is 18.0 Å². The number of carbonyl (C=O) groups is 1. The fourth-order valence-electron chi connectivity index (χ4n) is 2.94. The van der Waals surface area contributed by atoms with Gasteiger partial charge in [-0.2, -0.15) is 13.2 Å². The van der Waals surface area contributed by atoms with Crippen LogP contribution in [0.15, 0.2) is 42.6 Å². The van der Waals surface area contributed by atoms with Crippen molar-refractivity contribution in [3.05, 3.63) is 53.7 Å². The molecule has 0 bridgehead atoms. The van der Waals surface area contributed by atoms with Crippen LogP contribution >= 0.6 is 0 Å². The average Bonchev–Trinajstić information content (AvgIpc) is 2.67. The van der Waals surface area contributed by atoms with Gasteiger partial charge in [0.1, 0.15) is 25.0 Å². The molecule has 0 aliphatic carbocycles. The highest BCUT2D eigenvalue weighted by Gasteiger charge is 2.33. The number of para-hydroxylation sites is 1. The lowest BCUT2D eigenvalue weighted by molar-refractivity contribution is -0.367. The number of rotatable bonds is 4. The molecule has 2 aromatic rings. The number of amides is 1. The number of carbonyl (C=O) groups excluding carboxylic acids is 1. The number of anilines is 1. The minimum Gasteiger partial charge on any atom is -0.484 e. The van der Waals surface area contributed by atoms with E-state index in [-0.39, 0.29) is 12.5 Å². The summed E-state index contributed by atoms with van der Waals surface area (Å²) in [6.45, 7) is 3.95. The number of halogens is 3. The van der Waals surface area contributed by atoms with Crippen molar-refractivity contribution in [2.45, 2.75) is 13.1 Å². The Morgan fingerprint density at radius 3 is 2.41 bits per heavy atom. The molecule has 0 radical (unpaired) electrons. The van der Waals surface area contributed by atoms with Crippen LogP contribution in [-0.4, -0.2) is 43.6 Å². The van der Waals surface area contributed by atoms with E-state index in [0.29, 0.717) is 37.7 Å². The molecular formula is C19H21F3N3O2+. The van der Waals surface area contributed by atoms with Crippen LogP contribution in [0.1, 0.15) is 11.1 Å². The minimum atomic E-state index is -4.36. The SMILES string of the molecule is Cc1ccccc1OCC(=O)N1CCN(c2ccc(C(F)(F)F)c[nH+]2)CC1. The van der Waals surface area contributed by atoms with E-state index in [4.69, 9.17) is 4.74 Å². The second-order valence-corrected chi connectivity index (χ2v) is 6.38. The standard InChI is InChI=1S/C19H20F3N3O2/c1-14-4-2-3-5-16(14)27-13-18(26)25-10-8-24(9-11-25)17-7-6-15(12-23-17)19(20,21)22/h2-7,12H,8-11,13H2,1H3/p+1. The molecule has 3 rings (SSSR count). The third kappa shape index (κ3) is 4.69. The number of H-pyrrole nitrogens is 1. The van der Waals surface area contributed by atoms with Crippen molar-refractivity contribution in [1.82, 2.24) is 4.90 Å². The molecule has 1 fully saturated rings. The van der Waals surface area contributed by atoms with Gasteiger partial charge >= 0.3 is 6.18 Å². The van der Waals surface area contributed by atoms with Gasteiger partial charge in [0.15, 0.2) is 6.61 Å². The summed E-state index contributed by atoms with van der Waals surface area (Å²) in [5, 5.41) is 0. The second-order valence-electron chi connectivity index (χ2n) is 6.38. The molecule has 1 aromatic carbocycles. The zero-order valence-corrected chi connectivity index (χ0v) is 14.9. The fraction of sp³-hybridized carbons (Fsp3) is 0.368. The molecule has 1 saturated heterocycles. The zero-order chi connectivity index (χ0) is 19.4. The van der Waals surface area contributed by atoms with Gasteiger partial charge in [0.2, 0.25) is 0 Å². The van der Waals surface area contributed by atoms with Crippen LogP contribution in [0.4, 0.5) is 19.0 Å². The monoisotopic (exact) mass is 380 g/mol. The predicted octanol–water partition coefficient (Wildman–Crippen LogP) is 2.56. The third-order valence-corrected chi connectivity index (χ3v) is 4.54. The van der Waals surface area contributed by atoms with Crippen LogP contribution in [0.5, 0.6) is 5.75 Å². The molecule has 1 aliphatic rings. The molecule has 0 spiro atoms. The summed E-state index contributed by atoms with van der Waals surface area (Å²) in [7, 11) is 0. The van der Waals surface area contributed by atoms with Gasteiger partial charge in [-0.15, -0.1) is 0 Å². The molecule has 8 heteroatoms. The first-order valence-electron chi connectivity index (χ1n) is 8.64. The summed E-state index contributed by atoms with van der Waals surface area (Å²) >= 11 is 0. The van der Waals surface area contributed by atoms with E-state index >= 15 is 0 Å². The smallest absolute Gasteiger partial charge is 0.419 e. The molecule has 0 atom stereocenters. The van der Waals surface area contributed by atoms with E-state index in [1.807, 2.05) is 36.1 Å². The van der Waals surface area contributed by atoms with Crippen LogP contribution in [0.3, 0.4) is 0 Å². The molecule has 5 nitrogen and oxygen atoms in total. The summed E-state index contributed by atoms with van der Waals surface area (Å²) in [6.07, 6.45) is -3.40. The highest BCUT2D eigenvalue weighted by molar-refractivity contribution is 5.78. The van der Waals surface area contributed by atoms with Gasteiger partial charge < -0.3 is 9.64 Å². The van der Waals surface area contributed by atoms with Gasteiger partial charge in [0.05, 0.1) is 18.7 Å². The molecule has 144 valence electrons. The predicted molar refractivity (Wildman–Crippen MR) is 93.5 cm³/mol. The maximum Gasteiger partial charge on any atom is 0.419 e. The van der Waals surface area contributed by atoms with Crippen molar-refractivity contribution < 1.29 is 27.7 Å². The summed E-state index contributed by atoms with van der Waals surface area (Å²) < 4.78 is 43.5. The lowest BCUT2D eigenvalue weighted by Gasteiger charge is -2.31. The number of piperazine rings is 1. The molecule has 1 amide bonds. The number of aryl methyl sites for hydroxylation is 1. The number of pyridine rings is 1. The summed E-state index contributed by atoms with van der Waals surface area (Å²) in [4.78, 5) is 18.6. The van der Waals surface area contributed by atoms with Crippen molar-refractivity contribution >= 4 is 11.7 Å². The lowest BCUT2D eigenvalue weighted by atomic mass is 10.2. The number of aromatic nitrogens is 1. The van der Waals surface area contributed by atoms with Crippen molar-refractivity contribution in [2.24, 2.45) is 0 Å². The molecular weight excluding hydrogens is 359 g/mol. The van der Waals surface area contributed by atoms with Crippen molar-refractivity contribution in [3.63, 3.8) is 0 Å². The number of benzene rings is 1. The first kappa shape index (κ1) is 19.0. The highest BCUT2D eigenvalue weighted by Crippen LogP contribution is 2.28. The van der Waals surface area contributed by atoms with Gasteiger partial charge in [-0.25, -0.2) is 4.98 Å². The maximum atomic E-state index is 12.6. The van der Waals surface area contributed by atoms with Crippen molar-refractivity contribution in [1.29, 1.82) is 0 Å². The van der Waals surface area contributed by atoms with Gasteiger partial charge in [0, 0.05) is 6.07 Å². The Bertz CT molecular complexity index is 786. The van der Waals surface area contributed by atoms with Gasteiger partial charge in [0.25, 0.3) is 11.7 Å². The number of nitrogens with one attached hydrogen (secondary N) is 1. The van der Waals surface area contributed by atoms with E-state index < -0.39 is 11.7 Å². The highest BCUT2D eigenvalue weighted by atomic mass is 19.4.